The van der Waals surface area contributed by atoms with E-state index in [0.717, 1.165) is 70.6 Å². The lowest BCUT2D eigenvalue weighted by Gasteiger charge is -2.38. The van der Waals surface area contributed by atoms with E-state index >= 15 is 0 Å². The van der Waals surface area contributed by atoms with Crippen molar-refractivity contribution in [2.75, 3.05) is 25.0 Å². The molecule has 2 aliphatic heterocycles. The van der Waals surface area contributed by atoms with Crippen LogP contribution in [0.4, 0.5) is 5.82 Å². The summed E-state index contributed by atoms with van der Waals surface area (Å²) in [5, 5.41) is 11.1. The Kier molecular flexibility index (Phi) is 7.62. The molecule has 1 unspecified atom stereocenters. The zero-order valence-electron chi connectivity index (χ0n) is 25.1. The van der Waals surface area contributed by atoms with E-state index in [1.807, 2.05) is 13.2 Å². The first-order valence-electron chi connectivity index (χ1n) is 14.8. The maximum Gasteiger partial charge on any atom is 0.165 e. The number of aliphatic imine (C=N–C) groups is 1. The predicted molar refractivity (Wildman–Crippen MR) is 176 cm³/mol. The van der Waals surface area contributed by atoms with Crippen LogP contribution in [0.15, 0.2) is 84.8 Å². The predicted octanol–water partition coefficient (Wildman–Crippen LogP) is 6.14. The summed E-state index contributed by atoms with van der Waals surface area (Å²) in [6.45, 7) is 8.83. The summed E-state index contributed by atoms with van der Waals surface area (Å²) in [5.74, 6) is 1.39. The molecule has 0 aliphatic carbocycles. The van der Waals surface area contributed by atoms with Gasteiger partial charge in [-0.25, -0.2) is 9.97 Å². The highest BCUT2D eigenvalue weighted by Gasteiger charge is 2.28. The van der Waals surface area contributed by atoms with Crippen molar-refractivity contribution in [3.05, 3.63) is 108 Å². The summed E-state index contributed by atoms with van der Waals surface area (Å²) >= 11 is 0. The van der Waals surface area contributed by atoms with Crippen molar-refractivity contribution in [1.29, 1.82) is 0 Å². The molecule has 4 N–H and O–H groups in total. The van der Waals surface area contributed by atoms with Crippen LogP contribution in [0.2, 0.25) is 0 Å². The van der Waals surface area contributed by atoms with Gasteiger partial charge in [0.2, 0.25) is 0 Å². The lowest BCUT2D eigenvalue weighted by atomic mass is 9.93. The van der Waals surface area contributed by atoms with Gasteiger partial charge in [0, 0.05) is 54.9 Å². The molecule has 43 heavy (non-hydrogen) atoms. The molecule has 6 rings (SSSR count). The zero-order chi connectivity index (χ0) is 30.1. The first kappa shape index (κ1) is 28.4. The first-order valence-corrected chi connectivity index (χ1v) is 14.8. The van der Waals surface area contributed by atoms with E-state index < -0.39 is 5.60 Å². The topological polar surface area (TPSA) is 107 Å². The monoisotopic (exact) mass is 573 g/mol. The smallest absolute Gasteiger partial charge is 0.165 e. The van der Waals surface area contributed by atoms with Crippen LogP contribution < -0.4 is 10.6 Å². The number of hydrogen-bond acceptors (Lipinski definition) is 7. The normalized spacial score (nSPS) is 18.0. The quantitative estimate of drug-likeness (QED) is 0.230. The summed E-state index contributed by atoms with van der Waals surface area (Å²) in [7, 11) is 2.02. The van der Waals surface area contributed by atoms with Crippen molar-refractivity contribution in [3.63, 3.8) is 0 Å². The number of aliphatic hydroxyl groups is 1. The average Bonchev–Trinajstić information content (AvgIpc) is 3.51. The molecule has 2 aliphatic rings. The molecule has 0 saturated carbocycles. The van der Waals surface area contributed by atoms with E-state index in [4.69, 9.17) is 15.7 Å². The Morgan fingerprint density at radius 3 is 2.74 bits per heavy atom. The van der Waals surface area contributed by atoms with E-state index in [-0.39, 0.29) is 12.6 Å². The van der Waals surface area contributed by atoms with Crippen molar-refractivity contribution in [1.82, 2.24) is 19.9 Å². The number of aromatic amines is 1. The van der Waals surface area contributed by atoms with Gasteiger partial charge in [-0.15, -0.1) is 0 Å². The number of H-pyrrole nitrogens is 1. The number of benzene rings is 2. The van der Waals surface area contributed by atoms with Crippen LogP contribution >= 0.6 is 0 Å². The van der Waals surface area contributed by atoms with Gasteiger partial charge in [-0.2, -0.15) is 0 Å². The molecule has 1 saturated heterocycles. The van der Waals surface area contributed by atoms with Crippen LogP contribution in [-0.4, -0.2) is 56.9 Å². The second-order valence-corrected chi connectivity index (χ2v) is 12.0. The summed E-state index contributed by atoms with van der Waals surface area (Å²) in [5.41, 5.74) is 13.2. The third kappa shape index (κ3) is 5.70. The fourth-order valence-electron chi connectivity index (χ4n) is 5.96. The van der Waals surface area contributed by atoms with Gasteiger partial charge in [-0.1, -0.05) is 43.0 Å². The summed E-state index contributed by atoms with van der Waals surface area (Å²) in [6, 6.07) is 19.4. The Balaban J connectivity index is 1.52. The number of hydrogen-bond donors (Lipinski definition) is 3. The number of allylic oxidation sites excluding steroid dienone is 1. The number of nitrogens with zero attached hydrogens (tertiary/aromatic N) is 5. The number of nitrogens with two attached hydrogens (primary N) is 1. The molecule has 8 heteroatoms. The Hall–Kier alpha value is -4.69. The Morgan fingerprint density at radius 1 is 1.16 bits per heavy atom. The van der Waals surface area contributed by atoms with Crippen molar-refractivity contribution in [3.8, 4) is 0 Å². The maximum absolute atomic E-state index is 10.2. The highest BCUT2D eigenvalue weighted by Crippen LogP contribution is 2.40. The molecule has 0 spiro atoms. The van der Waals surface area contributed by atoms with E-state index in [9.17, 15) is 5.11 Å². The molecule has 0 amide bonds. The summed E-state index contributed by atoms with van der Waals surface area (Å²) < 4.78 is 0. The van der Waals surface area contributed by atoms with E-state index in [1.165, 1.54) is 11.8 Å². The number of nitrogens with one attached hydrogen (secondary N) is 1. The Labute approximate surface area is 253 Å². The lowest BCUT2D eigenvalue weighted by molar-refractivity contribution is 0.0906. The van der Waals surface area contributed by atoms with Crippen LogP contribution in [-0.2, 0) is 0 Å². The second kappa shape index (κ2) is 11.5. The van der Waals surface area contributed by atoms with Crippen molar-refractivity contribution >= 4 is 39.8 Å². The molecule has 4 heterocycles. The fraction of sp³-hybridized carbons (Fsp3) is 0.286. The molecule has 0 bridgehead atoms. The largest absolute Gasteiger partial charge is 0.404 e. The van der Waals surface area contributed by atoms with Crippen LogP contribution in [0.3, 0.4) is 0 Å². The zero-order valence-corrected chi connectivity index (χ0v) is 25.1. The minimum atomic E-state index is -0.924. The van der Waals surface area contributed by atoms with Gasteiger partial charge >= 0.3 is 0 Å². The number of fused-ring (bicyclic) bond motifs is 2. The van der Waals surface area contributed by atoms with Crippen LogP contribution in [0.1, 0.15) is 67.4 Å². The molecule has 220 valence electrons. The third-order valence-electron chi connectivity index (χ3n) is 8.17. The second-order valence-electron chi connectivity index (χ2n) is 12.0. The average molecular weight is 574 g/mol. The van der Waals surface area contributed by atoms with Gasteiger partial charge in [-0.3, -0.25) is 4.99 Å². The van der Waals surface area contributed by atoms with Crippen molar-refractivity contribution in [2.24, 2.45) is 10.7 Å². The van der Waals surface area contributed by atoms with Crippen LogP contribution in [0.25, 0.3) is 27.7 Å². The van der Waals surface area contributed by atoms with Crippen LogP contribution in [0, 0.1) is 0 Å². The maximum atomic E-state index is 10.2. The summed E-state index contributed by atoms with van der Waals surface area (Å²) in [6.07, 6.45) is 10.5. The lowest BCUT2D eigenvalue weighted by Crippen LogP contribution is -2.34. The molecule has 2 aromatic carbocycles. The number of rotatable bonds is 7. The minimum Gasteiger partial charge on any atom is -0.404 e. The number of aromatic nitrogens is 3. The third-order valence-corrected chi connectivity index (χ3v) is 8.17. The van der Waals surface area contributed by atoms with Gasteiger partial charge in [0.15, 0.2) is 5.82 Å². The molecular weight excluding hydrogens is 534 g/mol. The van der Waals surface area contributed by atoms with Crippen LogP contribution in [0.5, 0.6) is 0 Å². The van der Waals surface area contributed by atoms with E-state index in [1.54, 1.807) is 20.1 Å². The highest BCUT2D eigenvalue weighted by molar-refractivity contribution is 6.09. The number of piperidine rings is 1. The SMILES string of the molecule is C=C1c2[nH]ccc2C(c2ccc3nc(C(C=NCC(C)(C)O)=CN)nc(N4CCCCC4c4ccccc4)c3c2)=CN1C. The Morgan fingerprint density at radius 2 is 1.98 bits per heavy atom. The standard InChI is InChI=1S/C35H39N7O/c1-23-32-27(15-16-38-32)29(21-41(23)4)25-13-14-30-28(18-25)34(40-33(39-30)26(19-36)20-37-22-35(2,3)43)42-17-9-8-12-31(42)24-10-6-5-7-11-24/h5-7,10-11,13-16,18-21,31,38,43H,1,8-9,12,17,22,36H2,2-4H3. The first-order chi connectivity index (χ1) is 20.7. The molecule has 1 atom stereocenters. The Bertz CT molecular complexity index is 1740. The van der Waals surface area contributed by atoms with E-state index in [2.05, 4.69) is 87.2 Å². The molecule has 8 nitrogen and oxygen atoms in total. The van der Waals surface area contributed by atoms with Gasteiger partial charge in [0.25, 0.3) is 0 Å². The molecule has 1 fully saturated rings. The van der Waals surface area contributed by atoms with Gasteiger partial charge in [0.05, 0.1) is 40.7 Å². The fourth-order valence-corrected chi connectivity index (χ4v) is 5.96. The molecule has 0 radical (unpaired) electrons. The van der Waals surface area contributed by atoms with Crippen molar-refractivity contribution in [2.45, 2.75) is 44.8 Å². The summed E-state index contributed by atoms with van der Waals surface area (Å²) in [4.78, 5) is 22.5. The van der Waals surface area contributed by atoms with E-state index in [0.29, 0.717) is 11.4 Å². The van der Waals surface area contributed by atoms with Crippen molar-refractivity contribution < 1.29 is 5.11 Å². The minimum absolute atomic E-state index is 0.193. The highest BCUT2D eigenvalue weighted by atomic mass is 16.3. The van der Waals surface area contributed by atoms with Gasteiger partial charge < -0.3 is 25.6 Å². The molecule has 4 aromatic rings. The molecular formula is C35H39N7O. The van der Waals surface area contributed by atoms with Gasteiger partial charge in [0.1, 0.15) is 5.82 Å². The molecule has 2 aromatic heterocycles. The van der Waals surface area contributed by atoms with Gasteiger partial charge in [-0.05, 0) is 62.4 Å². The number of anilines is 1.